The number of aliphatic carboxylic acids is 1. The molecule has 0 radical (unpaired) electrons. The lowest BCUT2D eigenvalue weighted by Crippen LogP contribution is -2.44. The van der Waals surface area contributed by atoms with Gasteiger partial charge in [0.15, 0.2) is 11.5 Å². The van der Waals surface area contributed by atoms with Crippen molar-refractivity contribution >= 4 is 18.1 Å². The summed E-state index contributed by atoms with van der Waals surface area (Å²) in [5.41, 5.74) is 1.12. The normalized spacial score (nSPS) is 12.9. The van der Waals surface area contributed by atoms with E-state index in [9.17, 15) is 19.5 Å². The number of hydrogen-bond acceptors (Lipinski definition) is 6. The zero-order valence-electron chi connectivity index (χ0n) is 21.9. The second kappa shape index (κ2) is 15.1. The van der Waals surface area contributed by atoms with Gasteiger partial charge in [-0.05, 0) is 48.8 Å². The van der Waals surface area contributed by atoms with E-state index >= 15 is 0 Å². The molecule has 1 aliphatic heterocycles. The van der Waals surface area contributed by atoms with Gasteiger partial charge < -0.3 is 34.9 Å². The minimum absolute atomic E-state index is 0.0398. The summed E-state index contributed by atoms with van der Waals surface area (Å²) < 4.78 is 16.0. The predicted molar refractivity (Wildman–Crippen MR) is 135 cm³/mol. The Morgan fingerprint density at radius 2 is 1.75 bits per heavy atom. The van der Waals surface area contributed by atoms with Gasteiger partial charge in [-0.3, -0.25) is 4.79 Å². The predicted octanol–water partition coefficient (Wildman–Crippen LogP) is 4.02. The fourth-order valence-corrected chi connectivity index (χ4v) is 3.99. The zero-order chi connectivity index (χ0) is 26.5. The van der Waals surface area contributed by atoms with E-state index in [2.05, 4.69) is 10.6 Å². The van der Waals surface area contributed by atoms with Crippen LogP contribution in [0, 0.1) is 11.8 Å². The smallest absolute Gasteiger partial charge is 0.409 e. The van der Waals surface area contributed by atoms with E-state index in [0.717, 1.165) is 36.3 Å². The minimum atomic E-state index is -0.972. The number of aryl methyl sites for hydroxylation is 1. The molecule has 10 nitrogen and oxygen atoms in total. The Morgan fingerprint density at radius 3 is 2.42 bits per heavy atom. The van der Waals surface area contributed by atoms with Crippen molar-refractivity contribution in [2.24, 2.45) is 11.8 Å². The number of urea groups is 1. The fraction of sp³-hybridized carbons (Fsp3) is 0.654. The molecule has 0 saturated heterocycles. The van der Waals surface area contributed by atoms with Crippen molar-refractivity contribution in [3.05, 3.63) is 23.8 Å². The lowest BCUT2D eigenvalue weighted by molar-refractivity contribution is -0.137. The van der Waals surface area contributed by atoms with Crippen LogP contribution in [0.2, 0.25) is 0 Å². The summed E-state index contributed by atoms with van der Waals surface area (Å²) in [6, 6.07) is 4.87. The number of benzene rings is 1. The number of carboxylic acids is 1. The van der Waals surface area contributed by atoms with E-state index in [1.807, 2.05) is 45.9 Å². The minimum Gasteiger partial charge on any atom is -0.481 e. The number of rotatable bonds is 15. The second-order valence-electron chi connectivity index (χ2n) is 9.94. The number of carboxylic acid groups (broad SMARTS) is 1. The molecule has 10 heteroatoms. The second-order valence-corrected chi connectivity index (χ2v) is 9.94. The molecule has 3 N–H and O–H groups in total. The van der Waals surface area contributed by atoms with Gasteiger partial charge in [-0.1, -0.05) is 40.2 Å². The Balaban J connectivity index is 1.69. The summed E-state index contributed by atoms with van der Waals surface area (Å²) in [5, 5.41) is 14.6. The quantitative estimate of drug-likeness (QED) is 0.306. The summed E-state index contributed by atoms with van der Waals surface area (Å²) in [5.74, 6) is 1.16. The Kier molecular flexibility index (Phi) is 12.2. The molecular weight excluding hydrogens is 466 g/mol. The molecule has 3 amide bonds. The average Bonchev–Trinajstić information content (AvgIpc) is 3.26. The molecule has 1 aliphatic rings. The molecule has 2 rings (SSSR count). The SMILES string of the molecule is CC(C)CN(CC(C)C)C(=O)OCCNC(=O)NC(CCCCc1ccc2c(c1)OCO2)CC(=O)O. The average molecular weight is 508 g/mol. The molecule has 0 bridgehead atoms. The molecule has 0 spiro atoms. The van der Waals surface area contributed by atoms with Crippen LogP contribution in [0.5, 0.6) is 11.5 Å². The number of hydrogen-bond donors (Lipinski definition) is 3. The topological polar surface area (TPSA) is 126 Å². The summed E-state index contributed by atoms with van der Waals surface area (Å²) in [4.78, 5) is 37.6. The van der Waals surface area contributed by atoms with Gasteiger partial charge in [0.25, 0.3) is 0 Å². The van der Waals surface area contributed by atoms with E-state index in [-0.39, 0.29) is 26.4 Å². The number of carbonyl (C=O) groups is 3. The summed E-state index contributed by atoms with van der Waals surface area (Å²) in [7, 11) is 0. The molecule has 0 aliphatic carbocycles. The van der Waals surface area contributed by atoms with Crippen LogP contribution in [0.15, 0.2) is 18.2 Å². The van der Waals surface area contributed by atoms with E-state index in [4.69, 9.17) is 14.2 Å². The molecule has 1 heterocycles. The first-order valence-electron chi connectivity index (χ1n) is 12.7. The number of ether oxygens (including phenoxy) is 3. The van der Waals surface area contributed by atoms with Crippen LogP contribution < -0.4 is 20.1 Å². The first-order valence-corrected chi connectivity index (χ1v) is 12.7. The molecule has 1 atom stereocenters. The molecule has 36 heavy (non-hydrogen) atoms. The van der Waals surface area contributed by atoms with Gasteiger partial charge in [0.1, 0.15) is 6.61 Å². The van der Waals surface area contributed by atoms with Crippen LogP contribution in [0.4, 0.5) is 9.59 Å². The maximum atomic E-state index is 12.4. The summed E-state index contributed by atoms with van der Waals surface area (Å²) in [6.07, 6.45) is 2.40. The fourth-order valence-electron chi connectivity index (χ4n) is 3.99. The number of carbonyl (C=O) groups excluding carboxylic acids is 2. The van der Waals surface area contributed by atoms with Crippen molar-refractivity contribution in [2.45, 2.75) is 65.8 Å². The molecule has 202 valence electrons. The monoisotopic (exact) mass is 507 g/mol. The van der Waals surface area contributed by atoms with Crippen molar-refractivity contribution in [1.82, 2.24) is 15.5 Å². The van der Waals surface area contributed by atoms with Gasteiger partial charge in [0, 0.05) is 19.1 Å². The van der Waals surface area contributed by atoms with Crippen molar-refractivity contribution in [1.29, 1.82) is 0 Å². The highest BCUT2D eigenvalue weighted by molar-refractivity contribution is 5.75. The molecule has 0 saturated carbocycles. The van der Waals surface area contributed by atoms with Crippen LogP contribution in [0.3, 0.4) is 0 Å². The molecule has 1 unspecified atom stereocenters. The third kappa shape index (κ3) is 11.0. The van der Waals surface area contributed by atoms with Crippen molar-refractivity contribution in [2.75, 3.05) is 33.0 Å². The largest absolute Gasteiger partial charge is 0.481 e. The lowest BCUT2D eigenvalue weighted by Gasteiger charge is -2.25. The van der Waals surface area contributed by atoms with E-state index < -0.39 is 24.1 Å². The summed E-state index contributed by atoms with van der Waals surface area (Å²) in [6.45, 7) is 9.79. The zero-order valence-corrected chi connectivity index (χ0v) is 21.9. The third-order valence-electron chi connectivity index (χ3n) is 5.50. The lowest BCUT2D eigenvalue weighted by atomic mass is 10.0. The summed E-state index contributed by atoms with van der Waals surface area (Å²) >= 11 is 0. The first kappa shape index (κ1) is 29.1. The van der Waals surface area contributed by atoms with Gasteiger partial charge in [0.2, 0.25) is 6.79 Å². The molecule has 1 aromatic rings. The molecular formula is C26H41N3O7. The Labute approximate surface area is 213 Å². The highest BCUT2D eigenvalue weighted by Crippen LogP contribution is 2.32. The molecule has 0 aromatic heterocycles. The third-order valence-corrected chi connectivity index (χ3v) is 5.50. The van der Waals surface area contributed by atoms with Crippen LogP contribution in [-0.2, 0) is 16.0 Å². The van der Waals surface area contributed by atoms with Crippen molar-refractivity contribution < 1.29 is 33.7 Å². The molecule has 1 aromatic carbocycles. The number of nitrogens with one attached hydrogen (secondary N) is 2. The van der Waals surface area contributed by atoms with Crippen LogP contribution >= 0.6 is 0 Å². The highest BCUT2D eigenvalue weighted by Gasteiger charge is 2.19. The Bertz CT molecular complexity index is 850. The Morgan fingerprint density at radius 1 is 1.06 bits per heavy atom. The highest BCUT2D eigenvalue weighted by atomic mass is 16.7. The van der Waals surface area contributed by atoms with E-state index in [0.29, 0.717) is 31.3 Å². The van der Waals surface area contributed by atoms with Crippen molar-refractivity contribution in [3.63, 3.8) is 0 Å². The van der Waals surface area contributed by atoms with E-state index in [1.54, 1.807) is 4.90 Å². The maximum Gasteiger partial charge on any atom is 0.409 e. The number of unbranched alkanes of at least 4 members (excludes halogenated alkanes) is 1. The van der Waals surface area contributed by atoms with Gasteiger partial charge in [0.05, 0.1) is 13.0 Å². The van der Waals surface area contributed by atoms with Crippen LogP contribution in [0.25, 0.3) is 0 Å². The van der Waals surface area contributed by atoms with E-state index in [1.165, 1.54) is 0 Å². The first-order chi connectivity index (χ1) is 17.1. The van der Waals surface area contributed by atoms with Crippen LogP contribution in [-0.4, -0.2) is 67.2 Å². The number of amides is 3. The standard InChI is InChI=1S/C26H41N3O7/c1-18(2)15-29(16-19(3)4)26(33)34-12-11-27-25(32)28-21(14-24(30)31)8-6-5-7-20-9-10-22-23(13-20)36-17-35-22/h9-10,13,18-19,21H,5-8,11-12,14-17H2,1-4H3,(H,30,31)(H2,27,28,32). The van der Waals surface area contributed by atoms with Crippen LogP contribution in [0.1, 0.15) is 58.9 Å². The number of fused-ring (bicyclic) bond motifs is 1. The maximum absolute atomic E-state index is 12.4. The van der Waals surface area contributed by atoms with Gasteiger partial charge in [-0.15, -0.1) is 0 Å². The van der Waals surface area contributed by atoms with Gasteiger partial charge >= 0.3 is 18.1 Å². The Hall–Kier alpha value is -3.17. The van der Waals surface area contributed by atoms with Gasteiger partial charge in [-0.2, -0.15) is 0 Å². The molecule has 0 fully saturated rings. The van der Waals surface area contributed by atoms with Crippen molar-refractivity contribution in [3.8, 4) is 11.5 Å². The van der Waals surface area contributed by atoms with Gasteiger partial charge in [-0.25, -0.2) is 9.59 Å². The number of nitrogens with zero attached hydrogens (tertiary/aromatic N) is 1.